The Balaban J connectivity index is 1.96. The monoisotopic (exact) mass is 411 g/mol. The van der Waals surface area contributed by atoms with Crippen LogP contribution in [0, 0.1) is 20.8 Å². The summed E-state index contributed by atoms with van der Waals surface area (Å²) in [5.74, 6) is 0. The van der Waals surface area contributed by atoms with Gasteiger partial charge in [-0.15, -0.1) is 0 Å². The van der Waals surface area contributed by atoms with Gasteiger partial charge in [0.15, 0.2) is 0 Å². The molecule has 3 rings (SSSR count). The zero-order valence-corrected chi connectivity index (χ0v) is 18.4. The van der Waals surface area contributed by atoms with E-state index in [1.165, 1.54) is 0 Å². The highest BCUT2D eigenvalue weighted by Gasteiger charge is 2.27. The first-order valence-electron chi connectivity index (χ1n) is 9.95. The number of sulfonamides is 1. The summed E-state index contributed by atoms with van der Waals surface area (Å²) in [5.41, 5.74) is 4.77. The molecule has 0 fully saturated rings. The maximum atomic E-state index is 13.6. The molecule has 5 nitrogen and oxygen atoms in total. The summed E-state index contributed by atoms with van der Waals surface area (Å²) in [6, 6.07) is 15.6. The molecular formula is C23H29N3O2S. The van der Waals surface area contributed by atoms with Gasteiger partial charge in [0.2, 0.25) is 10.0 Å². The molecule has 0 aliphatic rings. The Morgan fingerprint density at radius 1 is 1.03 bits per heavy atom. The Bertz CT molecular complexity index is 1070. The molecule has 0 atom stereocenters. The van der Waals surface area contributed by atoms with Crippen LogP contribution >= 0.6 is 0 Å². The summed E-state index contributed by atoms with van der Waals surface area (Å²) in [7, 11) is -3.64. The highest BCUT2D eigenvalue weighted by Crippen LogP contribution is 2.24. The van der Waals surface area contributed by atoms with E-state index in [2.05, 4.69) is 5.10 Å². The lowest BCUT2D eigenvalue weighted by Crippen LogP contribution is -2.33. The van der Waals surface area contributed by atoms with Crippen molar-refractivity contribution in [3.8, 4) is 0 Å². The molecule has 0 saturated carbocycles. The van der Waals surface area contributed by atoms with E-state index in [1.807, 2.05) is 74.8 Å². The van der Waals surface area contributed by atoms with Crippen molar-refractivity contribution >= 4 is 10.0 Å². The molecule has 0 aliphatic heterocycles. The van der Waals surface area contributed by atoms with Gasteiger partial charge in [-0.1, -0.05) is 42.5 Å². The normalized spacial score (nSPS) is 11.9. The highest BCUT2D eigenvalue weighted by atomic mass is 32.2. The summed E-state index contributed by atoms with van der Waals surface area (Å²) in [6.45, 7) is 9.28. The molecule has 154 valence electrons. The van der Waals surface area contributed by atoms with Crippen molar-refractivity contribution in [2.24, 2.45) is 0 Å². The van der Waals surface area contributed by atoms with Crippen molar-refractivity contribution in [1.29, 1.82) is 0 Å². The Labute approximate surface area is 174 Å². The van der Waals surface area contributed by atoms with Crippen LogP contribution in [0.5, 0.6) is 0 Å². The van der Waals surface area contributed by atoms with Gasteiger partial charge in [-0.3, -0.25) is 4.68 Å². The average molecular weight is 412 g/mol. The SMILES string of the molecule is CCn1ncc(CN(CCc2ccccc2)S(=O)(=O)c2cc(C)ccc2C)c1C. The van der Waals surface area contributed by atoms with E-state index in [4.69, 9.17) is 0 Å². The largest absolute Gasteiger partial charge is 0.270 e. The number of aromatic nitrogens is 2. The van der Waals surface area contributed by atoms with E-state index in [-0.39, 0.29) is 0 Å². The third-order valence-electron chi connectivity index (χ3n) is 5.31. The minimum atomic E-state index is -3.64. The van der Waals surface area contributed by atoms with Crippen molar-refractivity contribution < 1.29 is 8.42 Å². The van der Waals surface area contributed by atoms with Gasteiger partial charge in [-0.25, -0.2) is 8.42 Å². The molecule has 0 N–H and O–H groups in total. The van der Waals surface area contributed by atoms with Gasteiger partial charge in [0.05, 0.1) is 11.1 Å². The smallest absolute Gasteiger partial charge is 0.243 e. The van der Waals surface area contributed by atoms with Crippen LogP contribution in [-0.4, -0.2) is 29.0 Å². The minimum Gasteiger partial charge on any atom is -0.270 e. The number of nitrogens with zero attached hydrogens (tertiary/aromatic N) is 3. The maximum absolute atomic E-state index is 13.6. The fraction of sp³-hybridized carbons (Fsp3) is 0.348. The van der Waals surface area contributed by atoms with Crippen molar-refractivity contribution in [2.45, 2.75) is 52.1 Å². The third kappa shape index (κ3) is 4.77. The van der Waals surface area contributed by atoms with Gasteiger partial charge >= 0.3 is 0 Å². The fourth-order valence-electron chi connectivity index (χ4n) is 3.46. The number of aryl methyl sites for hydroxylation is 3. The van der Waals surface area contributed by atoms with E-state index < -0.39 is 10.0 Å². The van der Waals surface area contributed by atoms with E-state index in [9.17, 15) is 8.42 Å². The summed E-state index contributed by atoms with van der Waals surface area (Å²) < 4.78 is 30.7. The molecule has 1 heterocycles. The first-order valence-corrected chi connectivity index (χ1v) is 11.4. The summed E-state index contributed by atoms with van der Waals surface area (Å²) in [6.07, 6.45) is 2.44. The Morgan fingerprint density at radius 2 is 1.76 bits per heavy atom. The average Bonchev–Trinajstić information content (AvgIpc) is 3.07. The molecule has 0 saturated heterocycles. The molecule has 0 unspecified atom stereocenters. The predicted octanol–water partition coefficient (Wildman–Crippen LogP) is 4.26. The lowest BCUT2D eigenvalue weighted by molar-refractivity contribution is 0.408. The quantitative estimate of drug-likeness (QED) is 0.556. The first-order chi connectivity index (χ1) is 13.8. The topological polar surface area (TPSA) is 55.2 Å². The summed E-state index contributed by atoms with van der Waals surface area (Å²) in [4.78, 5) is 0.381. The lowest BCUT2D eigenvalue weighted by atomic mass is 10.1. The van der Waals surface area contributed by atoms with Crippen LogP contribution < -0.4 is 0 Å². The number of hydrogen-bond acceptors (Lipinski definition) is 3. The minimum absolute atomic E-state index is 0.314. The van der Waals surface area contributed by atoms with Crippen LogP contribution in [-0.2, 0) is 29.5 Å². The second kappa shape index (κ2) is 8.93. The van der Waals surface area contributed by atoms with E-state index in [0.717, 1.165) is 34.5 Å². The standard InChI is InChI=1S/C23H29N3O2S/c1-5-26-20(4)22(16-24-26)17-25(14-13-21-9-7-6-8-10-21)29(27,28)23-15-18(2)11-12-19(23)3/h6-12,15-16H,5,13-14,17H2,1-4H3. The zero-order valence-electron chi connectivity index (χ0n) is 17.6. The van der Waals surface area contributed by atoms with E-state index >= 15 is 0 Å². The van der Waals surface area contributed by atoms with Crippen LogP contribution in [0.4, 0.5) is 0 Å². The molecule has 29 heavy (non-hydrogen) atoms. The lowest BCUT2D eigenvalue weighted by Gasteiger charge is -2.23. The molecule has 0 spiro atoms. The van der Waals surface area contributed by atoms with Crippen molar-refractivity contribution in [1.82, 2.24) is 14.1 Å². The maximum Gasteiger partial charge on any atom is 0.243 e. The van der Waals surface area contributed by atoms with Gasteiger partial charge in [0, 0.05) is 30.9 Å². The van der Waals surface area contributed by atoms with Gasteiger partial charge < -0.3 is 0 Å². The Kier molecular flexibility index (Phi) is 6.55. The van der Waals surface area contributed by atoms with Crippen LogP contribution in [0.25, 0.3) is 0 Å². The zero-order chi connectivity index (χ0) is 21.0. The molecular weight excluding hydrogens is 382 g/mol. The van der Waals surface area contributed by atoms with E-state index in [1.54, 1.807) is 16.6 Å². The number of hydrogen-bond donors (Lipinski definition) is 0. The highest BCUT2D eigenvalue weighted by molar-refractivity contribution is 7.89. The van der Waals surface area contributed by atoms with Crippen LogP contribution in [0.3, 0.4) is 0 Å². The first kappa shape index (κ1) is 21.3. The van der Waals surface area contributed by atoms with Gasteiger partial charge in [-0.05, 0) is 56.9 Å². The molecule has 6 heteroatoms. The molecule has 3 aromatic rings. The van der Waals surface area contributed by atoms with Gasteiger partial charge in [-0.2, -0.15) is 9.40 Å². The van der Waals surface area contributed by atoms with Crippen molar-refractivity contribution in [2.75, 3.05) is 6.54 Å². The molecule has 0 amide bonds. The number of rotatable bonds is 8. The van der Waals surface area contributed by atoms with Crippen LogP contribution in [0.2, 0.25) is 0 Å². The summed E-state index contributed by atoms with van der Waals surface area (Å²) in [5, 5.41) is 4.39. The fourth-order valence-corrected chi connectivity index (χ4v) is 5.18. The molecule has 0 bridgehead atoms. The molecule has 2 aromatic carbocycles. The van der Waals surface area contributed by atoms with Crippen molar-refractivity contribution in [3.63, 3.8) is 0 Å². The van der Waals surface area contributed by atoms with Crippen molar-refractivity contribution in [3.05, 3.63) is 82.7 Å². The second-order valence-corrected chi connectivity index (χ2v) is 9.32. The molecule has 0 aliphatic carbocycles. The Hall–Kier alpha value is -2.44. The van der Waals surface area contributed by atoms with Crippen LogP contribution in [0.1, 0.15) is 34.9 Å². The molecule has 1 aromatic heterocycles. The third-order valence-corrected chi connectivity index (χ3v) is 7.29. The number of benzene rings is 2. The Morgan fingerprint density at radius 3 is 2.41 bits per heavy atom. The predicted molar refractivity (Wildman–Crippen MR) is 116 cm³/mol. The van der Waals surface area contributed by atoms with Gasteiger partial charge in [0.25, 0.3) is 0 Å². The van der Waals surface area contributed by atoms with E-state index in [0.29, 0.717) is 24.4 Å². The second-order valence-electron chi connectivity index (χ2n) is 7.41. The molecule has 0 radical (unpaired) electrons. The van der Waals surface area contributed by atoms with Gasteiger partial charge in [0.1, 0.15) is 0 Å². The van der Waals surface area contributed by atoms with Crippen LogP contribution in [0.15, 0.2) is 59.6 Å². The summed E-state index contributed by atoms with van der Waals surface area (Å²) >= 11 is 0.